The molecule has 262 valence electrons. The van der Waals surface area contributed by atoms with Gasteiger partial charge in [0.05, 0.1) is 11.0 Å². The first kappa shape index (κ1) is 31.2. The minimum absolute atomic E-state index is 0.879. The Labute approximate surface area is 326 Å². The molecule has 9 aromatic carbocycles. The Hall–Kier alpha value is -7.14. The molecule has 0 radical (unpaired) electrons. The summed E-state index contributed by atoms with van der Waals surface area (Å²) in [6.45, 7) is 0. The number of para-hydroxylation sites is 3. The molecule has 4 heteroatoms. The molecule has 0 aliphatic rings. The first-order chi connectivity index (χ1) is 27.8. The topological polar surface area (TPSA) is 21.3 Å². The van der Waals surface area contributed by atoms with Gasteiger partial charge in [0, 0.05) is 76.1 Å². The van der Waals surface area contributed by atoms with Crippen LogP contribution in [-0.4, -0.2) is 4.57 Å². The fourth-order valence-electron chi connectivity index (χ4n) is 8.89. The van der Waals surface area contributed by atoms with E-state index in [1.165, 1.54) is 52.8 Å². The number of hydrogen-bond donors (Lipinski definition) is 0. The van der Waals surface area contributed by atoms with Gasteiger partial charge < -0.3 is 13.9 Å². The second-order valence-corrected chi connectivity index (χ2v) is 15.6. The highest BCUT2D eigenvalue weighted by atomic mass is 32.1. The third kappa shape index (κ3) is 4.70. The van der Waals surface area contributed by atoms with E-state index in [9.17, 15) is 0 Å². The van der Waals surface area contributed by atoms with Gasteiger partial charge in [0.1, 0.15) is 11.2 Å². The Balaban J connectivity index is 1.13. The monoisotopic (exact) mass is 732 g/mol. The zero-order valence-corrected chi connectivity index (χ0v) is 31.0. The molecule has 0 saturated heterocycles. The lowest BCUT2D eigenvalue weighted by atomic mass is 9.93. The van der Waals surface area contributed by atoms with E-state index >= 15 is 0 Å². The molecule has 3 nitrogen and oxygen atoms in total. The van der Waals surface area contributed by atoms with Crippen molar-refractivity contribution in [2.75, 3.05) is 4.90 Å². The van der Waals surface area contributed by atoms with Crippen molar-refractivity contribution in [2.24, 2.45) is 0 Å². The number of rotatable bonds is 5. The summed E-state index contributed by atoms with van der Waals surface area (Å²) in [7, 11) is 0. The van der Waals surface area contributed by atoms with E-state index in [4.69, 9.17) is 4.42 Å². The van der Waals surface area contributed by atoms with Crippen molar-refractivity contribution < 1.29 is 4.42 Å². The summed E-state index contributed by atoms with van der Waals surface area (Å²) in [6.07, 6.45) is 0. The molecule has 0 aliphatic heterocycles. The maximum Gasteiger partial charge on any atom is 0.138 e. The van der Waals surface area contributed by atoms with Crippen LogP contribution in [0.4, 0.5) is 17.1 Å². The average molecular weight is 733 g/mol. The molecule has 0 fully saturated rings. The van der Waals surface area contributed by atoms with Crippen molar-refractivity contribution >= 4 is 103 Å². The highest BCUT2D eigenvalue weighted by Gasteiger charge is 2.23. The normalized spacial score (nSPS) is 11.9. The molecule has 0 atom stereocenters. The van der Waals surface area contributed by atoms with E-state index in [1.54, 1.807) is 0 Å². The second-order valence-electron chi connectivity index (χ2n) is 14.5. The number of anilines is 3. The van der Waals surface area contributed by atoms with Gasteiger partial charge in [-0.25, -0.2) is 0 Å². The highest BCUT2D eigenvalue weighted by molar-refractivity contribution is 7.25. The van der Waals surface area contributed by atoms with Crippen molar-refractivity contribution in [3.05, 3.63) is 194 Å². The van der Waals surface area contributed by atoms with Crippen LogP contribution in [0, 0.1) is 0 Å². The van der Waals surface area contributed by atoms with E-state index in [2.05, 4.69) is 204 Å². The fourth-order valence-corrected chi connectivity index (χ4v) is 9.98. The Morgan fingerprint density at radius 3 is 2.04 bits per heavy atom. The zero-order chi connectivity index (χ0) is 36.7. The van der Waals surface area contributed by atoms with Crippen molar-refractivity contribution in [3.8, 4) is 16.8 Å². The van der Waals surface area contributed by atoms with Gasteiger partial charge in [-0.15, -0.1) is 11.3 Å². The Morgan fingerprint density at radius 2 is 1.12 bits per heavy atom. The lowest BCUT2D eigenvalue weighted by Crippen LogP contribution is -2.10. The third-order valence-electron chi connectivity index (χ3n) is 11.3. The molecule has 0 aliphatic carbocycles. The van der Waals surface area contributed by atoms with Gasteiger partial charge in [-0.3, -0.25) is 0 Å². The van der Waals surface area contributed by atoms with Crippen LogP contribution in [0.1, 0.15) is 0 Å². The smallest absolute Gasteiger partial charge is 0.138 e. The van der Waals surface area contributed by atoms with Gasteiger partial charge in [-0.1, -0.05) is 115 Å². The number of benzene rings is 9. The lowest BCUT2D eigenvalue weighted by molar-refractivity contribution is 0.669. The Morgan fingerprint density at radius 1 is 0.411 bits per heavy atom. The van der Waals surface area contributed by atoms with Crippen LogP contribution in [0.2, 0.25) is 0 Å². The van der Waals surface area contributed by atoms with E-state index in [1.807, 2.05) is 11.3 Å². The summed E-state index contributed by atoms with van der Waals surface area (Å²) >= 11 is 1.85. The van der Waals surface area contributed by atoms with Crippen molar-refractivity contribution in [1.82, 2.24) is 4.57 Å². The molecule has 12 rings (SSSR count). The van der Waals surface area contributed by atoms with E-state index in [0.29, 0.717) is 0 Å². The van der Waals surface area contributed by atoms with Gasteiger partial charge in [-0.05, 0) is 89.1 Å². The first-order valence-corrected chi connectivity index (χ1v) is 19.8. The fraction of sp³-hybridized carbons (Fsp3) is 0. The molecular formula is C52H32N2OS. The largest absolute Gasteiger partial charge is 0.456 e. The number of thiophene rings is 1. The Bertz CT molecular complexity index is 3500. The zero-order valence-electron chi connectivity index (χ0n) is 30.2. The SMILES string of the molecule is c1ccc(N(c2cccc(-n3c4ccccc4c4c(-c5ccc6ccccc6c5)c5c(cc43)oc3ccccc35)c2)c2ccc3sc4ccccc4c3c2)cc1. The summed E-state index contributed by atoms with van der Waals surface area (Å²) in [4.78, 5) is 2.38. The minimum Gasteiger partial charge on any atom is -0.456 e. The summed E-state index contributed by atoms with van der Waals surface area (Å²) in [5.74, 6) is 0. The quantitative estimate of drug-likeness (QED) is 0.176. The molecule has 0 spiro atoms. The molecule has 56 heavy (non-hydrogen) atoms. The summed E-state index contributed by atoms with van der Waals surface area (Å²) in [5, 5.41) is 9.71. The molecule has 12 aromatic rings. The number of hydrogen-bond acceptors (Lipinski definition) is 3. The lowest BCUT2D eigenvalue weighted by Gasteiger charge is -2.26. The number of fused-ring (bicyclic) bond motifs is 10. The molecule has 0 unspecified atom stereocenters. The molecule has 0 saturated carbocycles. The van der Waals surface area contributed by atoms with E-state index < -0.39 is 0 Å². The van der Waals surface area contributed by atoms with Crippen molar-refractivity contribution in [2.45, 2.75) is 0 Å². The number of furan rings is 1. The van der Waals surface area contributed by atoms with Crippen LogP contribution in [0.25, 0.3) is 91.5 Å². The van der Waals surface area contributed by atoms with Gasteiger partial charge in [-0.2, -0.15) is 0 Å². The molecule has 0 bridgehead atoms. The molecule has 0 N–H and O–H groups in total. The number of nitrogens with zero attached hydrogens (tertiary/aromatic N) is 2. The molecule has 0 amide bonds. The van der Waals surface area contributed by atoms with Crippen LogP contribution in [0.3, 0.4) is 0 Å². The van der Waals surface area contributed by atoms with Gasteiger partial charge in [0.25, 0.3) is 0 Å². The molecule has 3 aromatic heterocycles. The second kappa shape index (κ2) is 12.2. The maximum absolute atomic E-state index is 6.71. The summed E-state index contributed by atoms with van der Waals surface area (Å²) in [5.41, 5.74) is 10.8. The molecular weight excluding hydrogens is 701 g/mol. The molecule has 3 heterocycles. The first-order valence-electron chi connectivity index (χ1n) is 19.0. The van der Waals surface area contributed by atoms with E-state index in [-0.39, 0.29) is 0 Å². The highest BCUT2D eigenvalue weighted by Crippen LogP contribution is 2.47. The van der Waals surface area contributed by atoms with Gasteiger partial charge in [0.15, 0.2) is 0 Å². The predicted molar refractivity (Wildman–Crippen MR) is 239 cm³/mol. The Kier molecular flexibility index (Phi) is 6.80. The van der Waals surface area contributed by atoms with Crippen molar-refractivity contribution in [3.63, 3.8) is 0 Å². The van der Waals surface area contributed by atoms with Gasteiger partial charge >= 0.3 is 0 Å². The minimum atomic E-state index is 0.879. The number of aromatic nitrogens is 1. The van der Waals surface area contributed by atoms with Gasteiger partial charge in [0.2, 0.25) is 0 Å². The van der Waals surface area contributed by atoms with Crippen LogP contribution < -0.4 is 4.90 Å². The van der Waals surface area contributed by atoms with Crippen LogP contribution in [0.15, 0.2) is 199 Å². The summed E-state index contributed by atoms with van der Waals surface area (Å²) < 4.78 is 11.7. The van der Waals surface area contributed by atoms with E-state index in [0.717, 1.165) is 55.7 Å². The van der Waals surface area contributed by atoms with Crippen LogP contribution in [0.5, 0.6) is 0 Å². The maximum atomic E-state index is 6.71. The third-order valence-corrected chi connectivity index (χ3v) is 12.5. The summed E-state index contributed by atoms with van der Waals surface area (Å²) in [6, 6.07) is 70.2. The predicted octanol–water partition coefficient (Wildman–Crippen LogP) is 15.3. The van der Waals surface area contributed by atoms with Crippen LogP contribution in [-0.2, 0) is 0 Å². The van der Waals surface area contributed by atoms with Crippen molar-refractivity contribution in [1.29, 1.82) is 0 Å². The average Bonchev–Trinajstić information content (AvgIpc) is 3.92. The standard InChI is InChI=1S/C52H32N2OS/c1-2-15-36(16-3-1)53(39-27-28-49-43(31-39)40-19-8-11-24-48(40)56-49)37-17-12-18-38(30-37)54-44-22-9-6-20-41(44)51-45(54)32-47-52(42-21-7-10-23-46(42)55-47)50(51)35-26-25-33-13-4-5-14-34(33)29-35/h1-32H. The van der Waals surface area contributed by atoms with Crippen LogP contribution >= 0.6 is 11.3 Å².